The zero-order chi connectivity index (χ0) is 15.7. The second kappa shape index (κ2) is 5.76. The fourth-order valence-corrected chi connectivity index (χ4v) is 2.28. The minimum absolute atomic E-state index is 0.0166. The number of hydrogen-bond donors (Lipinski definition) is 1. The van der Waals surface area contributed by atoms with Crippen LogP contribution < -0.4 is 5.32 Å². The number of halogens is 1. The largest absolute Gasteiger partial charge is 0.347 e. The fourth-order valence-electron chi connectivity index (χ4n) is 1.97. The lowest BCUT2D eigenvalue weighted by Crippen LogP contribution is -2.44. The van der Waals surface area contributed by atoms with Crippen molar-refractivity contribution in [2.45, 2.75) is 53.5 Å². The zero-order valence-corrected chi connectivity index (χ0v) is 14.0. The first-order valence-electron chi connectivity index (χ1n) is 6.97. The van der Waals surface area contributed by atoms with E-state index >= 15 is 0 Å². The molecule has 0 spiro atoms. The first-order valence-corrected chi connectivity index (χ1v) is 7.35. The van der Waals surface area contributed by atoms with Crippen molar-refractivity contribution < 1.29 is 9.59 Å². The Morgan fingerprint density at radius 3 is 2.30 bits per heavy atom. The molecule has 1 N–H and O–H groups in total. The van der Waals surface area contributed by atoms with Crippen LogP contribution >= 0.6 is 11.6 Å². The van der Waals surface area contributed by atoms with Crippen LogP contribution in [0.4, 0.5) is 0 Å². The minimum atomic E-state index is -0.391. The van der Waals surface area contributed by atoms with Crippen molar-refractivity contribution in [1.29, 1.82) is 0 Å². The van der Waals surface area contributed by atoms with Gasteiger partial charge in [-0.05, 0) is 32.6 Å². The van der Waals surface area contributed by atoms with E-state index in [1.807, 2.05) is 20.8 Å². The van der Waals surface area contributed by atoms with E-state index in [0.717, 1.165) is 6.42 Å². The molecule has 0 radical (unpaired) electrons. The highest BCUT2D eigenvalue weighted by Gasteiger charge is 2.37. The maximum absolute atomic E-state index is 12.4. The van der Waals surface area contributed by atoms with E-state index in [-0.39, 0.29) is 22.8 Å². The maximum atomic E-state index is 12.4. The number of hydrogen-bond acceptors (Lipinski definition) is 2. The molecule has 0 aliphatic carbocycles. The molecule has 0 fully saturated rings. The lowest BCUT2D eigenvalue weighted by molar-refractivity contribution is -0.130. The molecule has 0 aromatic carbocycles. The van der Waals surface area contributed by atoms with Gasteiger partial charge >= 0.3 is 0 Å². The molecule has 0 aromatic heterocycles. The Morgan fingerprint density at radius 2 is 1.85 bits per heavy atom. The number of amides is 2. The molecule has 0 atom stereocenters. The lowest BCUT2D eigenvalue weighted by Gasteiger charge is -2.29. The van der Waals surface area contributed by atoms with Gasteiger partial charge in [-0.2, -0.15) is 0 Å². The quantitative estimate of drug-likeness (QED) is 0.812. The van der Waals surface area contributed by atoms with Crippen LogP contribution in [-0.4, -0.2) is 35.3 Å². The summed E-state index contributed by atoms with van der Waals surface area (Å²) in [6.45, 7) is 12.8. The Kier molecular flexibility index (Phi) is 4.90. The van der Waals surface area contributed by atoms with Gasteiger partial charge in [0.2, 0.25) is 0 Å². The molecule has 0 saturated heterocycles. The molecular formula is C15H25ClN2O2. The van der Waals surface area contributed by atoms with E-state index in [2.05, 4.69) is 26.1 Å². The second-order valence-electron chi connectivity index (χ2n) is 7.16. The van der Waals surface area contributed by atoms with Crippen molar-refractivity contribution in [3.63, 3.8) is 0 Å². The Labute approximate surface area is 126 Å². The Hall–Kier alpha value is -1.03. The average Bonchev–Trinajstić information content (AvgIpc) is 2.51. The predicted molar refractivity (Wildman–Crippen MR) is 81.4 cm³/mol. The molecule has 2 amide bonds. The molecule has 0 aromatic rings. The van der Waals surface area contributed by atoms with Crippen LogP contribution in [0.15, 0.2) is 10.6 Å². The fraction of sp³-hybridized carbons (Fsp3) is 0.733. The van der Waals surface area contributed by atoms with E-state index < -0.39 is 5.54 Å². The van der Waals surface area contributed by atoms with Crippen molar-refractivity contribution in [3.05, 3.63) is 10.6 Å². The van der Waals surface area contributed by atoms with Gasteiger partial charge < -0.3 is 10.2 Å². The van der Waals surface area contributed by atoms with Crippen molar-refractivity contribution in [2.75, 3.05) is 13.1 Å². The van der Waals surface area contributed by atoms with E-state index in [0.29, 0.717) is 18.1 Å². The first kappa shape index (κ1) is 17.0. The van der Waals surface area contributed by atoms with Crippen molar-refractivity contribution in [1.82, 2.24) is 10.2 Å². The minimum Gasteiger partial charge on any atom is -0.347 e. The van der Waals surface area contributed by atoms with Gasteiger partial charge in [0, 0.05) is 12.1 Å². The van der Waals surface area contributed by atoms with Crippen LogP contribution in [0.5, 0.6) is 0 Å². The Balaban J connectivity index is 2.83. The summed E-state index contributed by atoms with van der Waals surface area (Å²) in [6.07, 6.45) is 0.956. The van der Waals surface area contributed by atoms with Crippen LogP contribution in [0.3, 0.4) is 0 Å². The highest BCUT2D eigenvalue weighted by molar-refractivity contribution is 6.38. The van der Waals surface area contributed by atoms with Crippen molar-refractivity contribution in [2.24, 2.45) is 5.41 Å². The van der Waals surface area contributed by atoms with Gasteiger partial charge in [0.15, 0.2) is 0 Å². The third-order valence-corrected chi connectivity index (χ3v) is 3.70. The molecule has 114 valence electrons. The first-order chi connectivity index (χ1) is 8.97. The summed E-state index contributed by atoms with van der Waals surface area (Å²) in [5.41, 5.74) is -0.283. The summed E-state index contributed by atoms with van der Waals surface area (Å²) in [6, 6.07) is 0. The van der Waals surface area contributed by atoms with Gasteiger partial charge in [-0.15, -0.1) is 0 Å². The zero-order valence-electron chi connectivity index (χ0n) is 13.3. The van der Waals surface area contributed by atoms with Crippen LogP contribution in [-0.2, 0) is 9.59 Å². The van der Waals surface area contributed by atoms with Gasteiger partial charge in [0.25, 0.3) is 11.8 Å². The van der Waals surface area contributed by atoms with Crippen molar-refractivity contribution in [3.8, 4) is 0 Å². The third-order valence-electron chi connectivity index (χ3n) is 3.39. The predicted octanol–water partition coefficient (Wildman–Crippen LogP) is 2.67. The molecule has 0 saturated carbocycles. The lowest BCUT2D eigenvalue weighted by atomic mass is 9.90. The summed E-state index contributed by atoms with van der Waals surface area (Å²) < 4.78 is 0. The van der Waals surface area contributed by atoms with Gasteiger partial charge in [-0.3, -0.25) is 9.59 Å². The maximum Gasteiger partial charge on any atom is 0.261 e. The van der Waals surface area contributed by atoms with Crippen LogP contribution in [0.25, 0.3) is 0 Å². The van der Waals surface area contributed by atoms with Crippen LogP contribution in [0.1, 0.15) is 48.0 Å². The highest BCUT2D eigenvalue weighted by atomic mass is 35.5. The monoisotopic (exact) mass is 300 g/mol. The summed E-state index contributed by atoms with van der Waals surface area (Å²) in [5, 5.41) is 3.13. The van der Waals surface area contributed by atoms with Gasteiger partial charge in [-0.25, -0.2) is 0 Å². The summed E-state index contributed by atoms with van der Waals surface area (Å²) in [5.74, 6) is -0.650. The van der Waals surface area contributed by atoms with Crippen molar-refractivity contribution >= 4 is 23.4 Å². The van der Waals surface area contributed by atoms with Gasteiger partial charge in [0.05, 0.1) is 11.6 Å². The molecule has 0 bridgehead atoms. The second-order valence-corrected chi connectivity index (χ2v) is 7.62. The van der Waals surface area contributed by atoms with E-state index in [1.54, 1.807) is 4.90 Å². The summed E-state index contributed by atoms with van der Waals surface area (Å²) >= 11 is 6.12. The molecule has 4 nitrogen and oxygen atoms in total. The number of carbonyl (C=O) groups is 2. The number of rotatable bonds is 4. The standard InChI is InChI=1S/C15H25ClN2O2/c1-7-15(5,6)9-18-8-10(16)11(13(18)20)12(19)17-14(2,3)4/h7-9H2,1-6H3,(H,17,19). The smallest absolute Gasteiger partial charge is 0.261 e. The highest BCUT2D eigenvalue weighted by Crippen LogP contribution is 2.28. The van der Waals surface area contributed by atoms with Gasteiger partial charge in [-0.1, -0.05) is 32.4 Å². The molecule has 1 aliphatic rings. The Bertz CT molecular complexity index is 447. The Morgan fingerprint density at radius 1 is 1.30 bits per heavy atom. The summed E-state index contributed by atoms with van der Waals surface area (Å²) in [7, 11) is 0. The topological polar surface area (TPSA) is 49.4 Å². The SMILES string of the molecule is CCC(C)(C)CN1CC(Cl)=C(C(=O)NC(C)(C)C)C1=O. The normalized spacial score (nSPS) is 16.9. The number of carbonyl (C=O) groups excluding carboxylic acids is 2. The van der Waals surface area contributed by atoms with Crippen LogP contribution in [0.2, 0.25) is 0 Å². The molecule has 1 rings (SSSR count). The van der Waals surface area contributed by atoms with Crippen LogP contribution in [0, 0.1) is 5.41 Å². The molecule has 1 aliphatic heterocycles. The average molecular weight is 301 g/mol. The van der Waals surface area contributed by atoms with E-state index in [9.17, 15) is 9.59 Å². The molecule has 20 heavy (non-hydrogen) atoms. The number of nitrogens with one attached hydrogen (secondary N) is 1. The molecule has 5 heteroatoms. The molecule has 0 unspecified atom stereocenters. The van der Waals surface area contributed by atoms with E-state index in [1.165, 1.54) is 0 Å². The van der Waals surface area contributed by atoms with E-state index in [4.69, 9.17) is 11.6 Å². The van der Waals surface area contributed by atoms with Gasteiger partial charge in [0.1, 0.15) is 5.57 Å². The number of nitrogens with zero attached hydrogens (tertiary/aromatic N) is 1. The third kappa shape index (κ3) is 4.23. The molecule has 1 heterocycles. The molecular weight excluding hydrogens is 276 g/mol. The summed E-state index contributed by atoms with van der Waals surface area (Å²) in [4.78, 5) is 26.2.